The highest BCUT2D eigenvalue weighted by Gasteiger charge is 2.16. The minimum atomic E-state index is -2.73. The molecule has 0 saturated heterocycles. The van der Waals surface area contributed by atoms with Gasteiger partial charge in [0.1, 0.15) is 0 Å². The van der Waals surface area contributed by atoms with Crippen LogP contribution < -0.4 is 10.3 Å². The Labute approximate surface area is 83.9 Å². The van der Waals surface area contributed by atoms with E-state index in [9.17, 15) is 4.79 Å². The Kier molecular flexibility index (Phi) is 3.12. The van der Waals surface area contributed by atoms with E-state index in [0.29, 0.717) is 4.85 Å². The number of tetrazole rings is 1. The summed E-state index contributed by atoms with van der Waals surface area (Å²) in [6, 6.07) is 0. The van der Waals surface area contributed by atoms with Gasteiger partial charge in [-0.15, -0.1) is 0 Å². The van der Waals surface area contributed by atoms with E-state index in [1.54, 1.807) is 0 Å². The largest absolute Gasteiger partial charge is 0.398 e. The number of hydrogen-bond acceptors (Lipinski definition) is 6. The lowest BCUT2D eigenvalue weighted by Crippen LogP contribution is -2.27. The maximum atomic E-state index is 11.1. The molecule has 0 fully saturated rings. The van der Waals surface area contributed by atoms with Gasteiger partial charge < -0.3 is 9.15 Å². The summed E-state index contributed by atoms with van der Waals surface area (Å²) in [5, 5.41) is 6.78. The number of aromatic nitrogens is 4. The zero-order valence-corrected chi connectivity index (χ0v) is 9.42. The van der Waals surface area contributed by atoms with E-state index >= 15 is 0 Å². The average molecular weight is 242 g/mol. The zero-order valence-electron chi connectivity index (χ0n) is 6.82. The summed E-state index contributed by atoms with van der Waals surface area (Å²) in [6.45, 7) is 0. The summed E-state index contributed by atoms with van der Waals surface area (Å²) in [5.74, 6) is 0. The molecule has 1 rings (SSSR count). The molecular formula is C3H7N4O3PS2. The highest BCUT2D eigenvalue weighted by Crippen LogP contribution is 2.48. The van der Waals surface area contributed by atoms with Crippen LogP contribution in [0.5, 0.6) is 0 Å². The summed E-state index contributed by atoms with van der Waals surface area (Å²) in [7, 11) is 2.78. The summed E-state index contributed by atoms with van der Waals surface area (Å²) in [6.07, 6.45) is 0. The highest BCUT2D eigenvalue weighted by molar-refractivity contribution is 8.60. The minimum absolute atomic E-state index is 0.541. The highest BCUT2D eigenvalue weighted by atomic mass is 32.9. The fraction of sp³-hybridized carbons (Fsp3) is 0.667. The van der Waals surface area contributed by atoms with Crippen LogP contribution in [0, 0.1) is 0 Å². The van der Waals surface area contributed by atoms with Crippen LogP contribution in [-0.2, 0) is 23.4 Å². The smallest absolute Gasteiger partial charge is 0.324 e. The molecule has 7 nitrogen and oxygen atoms in total. The lowest BCUT2D eigenvalue weighted by Gasteiger charge is -2.10. The summed E-state index contributed by atoms with van der Waals surface area (Å²) in [4.78, 5) is 11.8. The second kappa shape index (κ2) is 3.79. The third kappa shape index (κ3) is 2.53. The van der Waals surface area contributed by atoms with Crippen molar-refractivity contribution in [3.63, 3.8) is 0 Å². The van der Waals surface area contributed by atoms with Crippen LogP contribution in [-0.4, -0.2) is 27.1 Å². The molecule has 0 radical (unpaired) electrons. The van der Waals surface area contributed by atoms with Gasteiger partial charge in [-0.2, -0.15) is 4.68 Å². The average Bonchev–Trinajstić information content (AvgIpc) is 2.36. The normalized spacial score (nSPS) is 15.3. The Balaban J connectivity index is 2.93. The van der Waals surface area contributed by atoms with E-state index in [4.69, 9.17) is 21.0 Å². The van der Waals surface area contributed by atoms with Gasteiger partial charge in [0.05, 0.1) is 0 Å². The molecule has 0 aliphatic rings. The van der Waals surface area contributed by atoms with Gasteiger partial charge in [-0.25, -0.2) is 4.79 Å². The minimum Gasteiger partial charge on any atom is -0.324 e. The number of nitrogens with zero attached hydrogens (tertiary/aromatic N) is 4. The quantitative estimate of drug-likeness (QED) is 0.553. The monoisotopic (exact) mass is 242 g/mol. The molecule has 0 aliphatic carbocycles. The molecule has 0 spiro atoms. The summed E-state index contributed by atoms with van der Waals surface area (Å²) < 4.78 is 10.6. The molecule has 1 heterocycles. The maximum Gasteiger partial charge on any atom is 0.398 e. The maximum absolute atomic E-state index is 11.1. The van der Waals surface area contributed by atoms with Crippen LogP contribution in [0.1, 0.15) is 0 Å². The van der Waals surface area contributed by atoms with E-state index in [2.05, 4.69) is 22.7 Å². The first-order chi connectivity index (χ1) is 5.96. The lowest BCUT2D eigenvalue weighted by atomic mass is 11.2. The molecule has 10 heteroatoms. The van der Waals surface area contributed by atoms with Gasteiger partial charge in [-0.05, 0) is 27.1 Å². The standard InChI is InChI=1S/C3H7N4O3PS2/c1-6-3(8)7(5-4-6)10-11(12,13)9-2/h1-2H3,(H,12,13). The molecule has 0 amide bonds. The Morgan fingerprint density at radius 3 is 2.62 bits per heavy atom. The molecular weight excluding hydrogens is 235 g/mol. The molecule has 1 aromatic rings. The van der Waals surface area contributed by atoms with Crippen LogP contribution in [0.15, 0.2) is 4.79 Å². The van der Waals surface area contributed by atoms with Crippen LogP contribution >= 0.6 is 17.9 Å². The first-order valence-corrected chi connectivity index (χ1v) is 6.83. The first-order valence-electron chi connectivity index (χ1n) is 3.04. The van der Waals surface area contributed by atoms with E-state index in [1.165, 1.54) is 14.2 Å². The third-order valence-electron chi connectivity index (χ3n) is 1.11. The fourth-order valence-corrected chi connectivity index (χ4v) is 1.24. The van der Waals surface area contributed by atoms with Crippen LogP contribution in [0.25, 0.3) is 0 Å². The van der Waals surface area contributed by atoms with E-state index < -0.39 is 11.4 Å². The first kappa shape index (κ1) is 10.7. The third-order valence-corrected chi connectivity index (χ3v) is 3.29. The van der Waals surface area contributed by atoms with E-state index in [1.807, 2.05) is 0 Å². The molecule has 1 aromatic heterocycles. The molecule has 1 atom stereocenters. The van der Waals surface area contributed by atoms with Crippen LogP contribution in [0.3, 0.4) is 0 Å². The number of thiol groups is 1. The van der Waals surface area contributed by atoms with Crippen LogP contribution in [0.4, 0.5) is 0 Å². The lowest BCUT2D eigenvalue weighted by molar-refractivity contribution is 0.211. The zero-order chi connectivity index (χ0) is 10.1. The Morgan fingerprint density at radius 1 is 1.62 bits per heavy atom. The van der Waals surface area contributed by atoms with Gasteiger partial charge in [-0.1, -0.05) is 12.2 Å². The fourth-order valence-electron chi connectivity index (χ4n) is 0.479. The van der Waals surface area contributed by atoms with Gasteiger partial charge in [0.15, 0.2) is 0 Å². The van der Waals surface area contributed by atoms with Crippen molar-refractivity contribution in [2.24, 2.45) is 7.05 Å². The second-order valence-electron chi connectivity index (χ2n) is 1.99. The number of hydrogen-bond donors (Lipinski definition) is 1. The van der Waals surface area contributed by atoms with Gasteiger partial charge in [0.25, 0.3) is 0 Å². The number of rotatable bonds is 3. The predicted octanol–water partition coefficient (Wildman–Crippen LogP) is -0.794. The van der Waals surface area contributed by atoms with Crippen molar-refractivity contribution >= 4 is 29.7 Å². The molecule has 0 bridgehead atoms. The molecule has 74 valence electrons. The van der Waals surface area contributed by atoms with Crippen molar-refractivity contribution in [1.82, 2.24) is 20.0 Å². The second-order valence-corrected chi connectivity index (χ2v) is 7.29. The molecule has 1 unspecified atom stereocenters. The Hall–Kier alpha value is -0.370. The van der Waals surface area contributed by atoms with Gasteiger partial charge in [0, 0.05) is 14.2 Å². The molecule has 0 saturated carbocycles. The van der Waals surface area contributed by atoms with Crippen molar-refractivity contribution in [1.29, 1.82) is 0 Å². The molecule has 0 aromatic carbocycles. The molecule has 0 aliphatic heterocycles. The SMILES string of the molecule is COP(=S)(S)On1nnn(C)c1=O. The van der Waals surface area contributed by atoms with Gasteiger partial charge >= 0.3 is 11.4 Å². The predicted molar refractivity (Wildman–Crippen MR) is 52.1 cm³/mol. The Bertz CT molecular complexity index is 400. The van der Waals surface area contributed by atoms with Crippen LogP contribution in [0.2, 0.25) is 0 Å². The topological polar surface area (TPSA) is 71.2 Å². The molecule has 0 N–H and O–H groups in total. The summed E-state index contributed by atoms with van der Waals surface area (Å²) >= 11 is 8.69. The number of aryl methyl sites for hydroxylation is 1. The van der Waals surface area contributed by atoms with E-state index in [-0.39, 0.29) is 0 Å². The molecule has 13 heavy (non-hydrogen) atoms. The Morgan fingerprint density at radius 2 is 2.23 bits per heavy atom. The van der Waals surface area contributed by atoms with E-state index in [0.717, 1.165) is 4.68 Å². The van der Waals surface area contributed by atoms with Crippen molar-refractivity contribution in [3.8, 4) is 0 Å². The van der Waals surface area contributed by atoms with Gasteiger partial charge in [-0.3, -0.25) is 0 Å². The van der Waals surface area contributed by atoms with Crippen molar-refractivity contribution in [2.45, 2.75) is 0 Å². The van der Waals surface area contributed by atoms with Crippen molar-refractivity contribution in [2.75, 3.05) is 7.11 Å². The van der Waals surface area contributed by atoms with Crippen molar-refractivity contribution in [3.05, 3.63) is 10.5 Å². The van der Waals surface area contributed by atoms with Gasteiger partial charge in [0.2, 0.25) is 0 Å². The summed E-state index contributed by atoms with van der Waals surface area (Å²) in [5.41, 5.74) is -3.28. The van der Waals surface area contributed by atoms with Crippen molar-refractivity contribution < 1.29 is 9.15 Å².